The molecule has 0 saturated heterocycles. The molecule has 0 spiro atoms. The van der Waals surface area contributed by atoms with Crippen LogP contribution in [0, 0.1) is 0 Å². The first-order valence-corrected chi connectivity index (χ1v) is 12.1. The van der Waals surface area contributed by atoms with Gasteiger partial charge >= 0.3 is 11.9 Å². The van der Waals surface area contributed by atoms with Gasteiger partial charge in [0, 0.05) is 40.4 Å². The van der Waals surface area contributed by atoms with Crippen molar-refractivity contribution in [3.63, 3.8) is 0 Å². The molecule has 0 aliphatic rings. The number of methoxy groups -OCH3 is 2. The van der Waals surface area contributed by atoms with Crippen LogP contribution in [0.2, 0.25) is 0 Å². The molecule has 2 N–H and O–H groups in total. The maximum absolute atomic E-state index is 11.6. The van der Waals surface area contributed by atoms with E-state index in [4.69, 9.17) is 23.4 Å². The Morgan fingerprint density at radius 2 is 1.47 bits per heavy atom. The fourth-order valence-electron chi connectivity index (χ4n) is 4.00. The predicted molar refractivity (Wildman–Crippen MR) is 142 cm³/mol. The molecule has 200 valence electrons. The molecule has 0 radical (unpaired) electrons. The van der Waals surface area contributed by atoms with Crippen LogP contribution in [0.15, 0.2) is 59.2 Å². The van der Waals surface area contributed by atoms with E-state index in [1.807, 2.05) is 50.2 Å². The van der Waals surface area contributed by atoms with Crippen molar-refractivity contribution in [2.24, 2.45) is 0 Å². The molecule has 5 aromatic rings. The van der Waals surface area contributed by atoms with E-state index in [2.05, 4.69) is 14.7 Å². The Morgan fingerprint density at radius 1 is 0.842 bits per heavy atom. The fraction of sp³-hybridized carbons (Fsp3) is 0.286. The molecule has 0 saturated carbocycles. The van der Waals surface area contributed by atoms with E-state index in [-0.39, 0.29) is 12.6 Å². The number of esters is 2. The minimum Gasteiger partial charge on any atom is -0.488 e. The summed E-state index contributed by atoms with van der Waals surface area (Å²) in [6.45, 7) is 5.19. The van der Waals surface area contributed by atoms with Crippen LogP contribution in [-0.4, -0.2) is 62.2 Å². The van der Waals surface area contributed by atoms with Gasteiger partial charge in [-0.15, -0.1) is 0 Å². The Bertz CT molecular complexity index is 1520. The number of nitrogens with one attached hydrogen (secondary N) is 2. The van der Waals surface area contributed by atoms with E-state index < -0.39 is 12.3 Å². The van der Waals surface area contributed by atoms with Gasteiger partial charge in [-0.25, -0.2) is 9.59 Å². The number of H-pyrrole nitrogens is 2. The number of fused-ring (bicyclic) bond motifs is 4. The smallest absolute Gasteiger partial charge is 0.354 e. The molecule has 38 heavy (non-hydrogen) atoms. The van der Waals surface area contributed by atoms with Crippen molar-refractivity contribution in [1.82, 2.24) is 9.97 Å². The quantitative estimate of drug-likeness (QED) is 0.194. The first-order valence-electron chi connectivity index (χ1n) is 12.1. The van der Waals surface area contributed by atoms with Gasteiger partial charge in [0.05, 0.1) is 20.5 Å². The van der Waals surface area contributed by atoms with Crippen molar-refractivity contribution in [3.8, 4) is 5.75 Å². The highest BCUT2D eigenvalue weighted by Gasteiger charge is 2.15. The van der Waals surface area contributed by atoms with Crippen LogP contribution < -0.4 is 4.74 Å². The summed E-state index contributed by atoms with van der Waals surface area (Å²) in [5, 5.41) is 2.72. The van der Waals surface area contributed by atoms with Gasteiger partial charge in [0.1, 0.15) is 29.3 Å². The van der Waals surface area contributed by atoms with Crippen LogP contribution in [0.4, 0.5) is 0 Å². The summed E-state index contributed by atoms with van der Waals surface area (Å²) in [6.07, 6.45) is 1.22. The summed E-state index contributed by atoms with van der Waals surface area (Å²) in [5.41, 5.74) is 3.27. The second-order valence-electron chi connectivity index (χ2n) is 8.08. The number of aromatic amines is 2. The molecule has 2 aromatic carbocycles. The highest BCUT2D eigenvalue weighted by Crippen LogP contribution is 2.28. The lowest BCUT2D eigenvalue weighted by atomic mass is 10.2. The van der Waals surface area contributed by atoms with Crippen molar-refractivity contribution in [1.29, 1.82) is 0 Å². The van der Waals surface area contributed by atoms with Crippen LogP contribution in [-0.2, 0) is 18.9 Å². The molecule has 0 bridgehead atoms. The number of benzene rings is 2. The Kier molecular flexibility index (Phi) is 8.67. The molecular formula is C28H30N2O8. The lowest BCUT2D eigenvalue weighted by Crippen LogP contribution is -2.25. The lowest BCUT2D eigenvalue weighted by Gasteiger charge is -2.17. The van der Waals surface area contributed by atoms with E-state index in [1.54, 1.807) is 18.4 Å². The van der Waals surface area contributed by atoms with Crippen LogP contribution in [0.3, 0.4) is 0 Å². The molecule has 0 fully saturated rings. The number of carbonyl (C=O) groups excluding carboxylic acids is 2. The van der Waals surface area contributed by atoms with E-state index in [9.17, 15) is 9.59 Å². The number of ether oxygens (including phenoxy) is 5. The molecule has 0 aliphatic heterocycles. The third-order valence-corrected chi connectivity index (χ3v) is 5.73. The highest BCUT2D eigenvalue weighted by atomic mass is 16.7. The van der Waals surface area contributed by atoms with Gasteiger partial charge in [-0.3, -0.25) is 0 Å². The van der Waals surface area contributed by atoms with Gasteiger partial charge in [0.25, 0.3) is 0 Å². The SMILES string of the molecule is CCOC(COc1cccc2[nH]c(C(=O)OC)cc12)OCC.COC(=O)c1cc2c(ccc3ccoc32)[nH]1. The second kappa shape index (κ2) is 12.3. The molecule has 10 nitrogen and oxygen atoms in total. The van der Waals surface area contributed by atoms with Gasteiger partial charge < -0.3 is 38.1 Å². The Labute approximate surface area is 218 Å². The first kappa shape index (κ1) is 26.8. The topological polar surface area (TPSA) is 125 Å². The molecule has 3 heterocycles. The maximum Gasteiger partial charge on any atom is 0.354 e. The van der Waals surface area contributed by atoms with Crippen molar-refractivity contribution in [3.05, 3.63) is 66.2 Å². The summed E-state index contributed by atoms with van der Waals surface area (Å²) in [7, 11) is 2.70. The number of aromatic nitrogens is 2. The monoisotopic (exact) mass is 522 g/mol. The third-order valence-electron chi connectivity index (χ3n) is 5.73. The third kappa shape index (κ3) is 5.82. The zero-order valence-corrected chi connectivity index (χ0v) is 21.7. The lowest BCUT2D eigenvalue weighted by molar-refractivity contribution is -0.152. The maximum atomic E-state index is 11.6. The van der Waals surface area contributed by atoms with E-state index >= 15 is 0 Å². The predicted octanol–water partition coefficient (Wildman–Crippen LogP) is 5.43. The highest BCUT2D eigenvalue weighted by molar-refractivity contribution is 6.06. The Morgan fingerprint density at radius 3 is 2.11 bits per heavy atom. The zero-order valence-electron chi connectivity index (χ0n) is 21.7. The molecule has 5 rings (SSSR count). The van der Waals surface area contributed by atoms with Crippen LogP contribution in [0.1, 0.15) is 34.8 Å². The molecule has 10 heteroatoms. The van der Waals surface area contributed by atoms with Gasteiger partial charge in [0.15, 0.2) is 6.29 Å². The Balaban J connectivity index is 0.000000185. The number of rotatable bonds is 9. The molecular weight excluding hydrogens is 492 g/mol. The van der Waals surface area contributed by atoms with Crippen molar-refractivity contribution in [2.45, 2.75) is 20.1 Å². The fourth-order valence-corrected chi connectivity index (χ4v) is 4.00. The van der Waals surface area contributed by atoms with Crippen molar-refractivity contribution >= 4 is 44.7 Å². The summed E-state index contributed by atoms with van der Waals surface area (Å²) in [4.78, 5) is 29.0. The normalized spacial score (nSPS) is 11.1. The molecule has 0 amide bonds. The standard InChI is InChI=1S/C16H21NO5.C12H9NO3/c1-4-20-15(21-5-2)10-22-14-8-6-7-12-11(14)9-13(17-12)16(18)19-3;1-15-12(14)10-6-8-9(13-10)3-2-7-4-5-16-11(7)8/h6-9,15,17H,4-5,10H2,1-3H3;2-6,13H,1H3. The Hall–Kier alpha value is -4.28. The average molecular weight is 523 g/mol. The molecule has 3 aromatic heterocycles. The number of hydrogen-bond donors (Lipinski definition) is 2. The van der Waals surface area contributed by atoms with E-state index in [0.717, 1.165) is 32.8 Å². The van der Waals surface area contributed by atoms with Gasteiger partial charge in [-0.2, -0.15) is 0 Å². The van der Waals surface area contributed by atoms with Crippen LogP contribution in [0.25, 0.3) is 32.8 Å². The van der Waals surface area contributed by atoms with Crippen LogP contribution >= 0.6 is 0 Å². The van der Waals surface area contributed by atoms with Crippen molar-refractivity contribution in [2.75, 3.05) is 34.0 Å². The summed E-state index contributed by atoms with van der Waals surface area (Å²) >= 11 is 0. The second-order valence-corrected chi connectivity index (χ2v) is 8.08. The van der Waals surface area contributed by atoms with Crippen LogP contribution in [0.5, 0.6) is 5.75 Å². The van der Waals surface area contributed by atoms with Gasteiger partial charge in [-0.05, 0) is 56.3 Å². The number of furan rings is 1. The zero-order chi connectivity index (χ0) is 27.1. The molecule has 0 unspecified atom stereocenters. The summed E-state index contributed by atoms with van der Waals surface area (Å²) in [5.74, 6) is -0.132. The first-order chi connectivity index (χ1) is 18.5. The minimum atomic E-state index is -0.413. The number of hydrogen-bond acceptors (Lipinski definition) is 8. The summed E-state index contributed by atoms with van der Waals surface area (Å²) < 4.78 is 31.4. The number of carbonyl (C=O) groups is 2. The minimum absolute atomic E-state index is 0.277. The van der Waals surface area contributed by atoms with Gasteiger partial charge in [0.2, 0.25) is 0 Å². The molecule has 0 atom stereocenters. The van der Waals surface area contributed by atoms with Gasteiger partial charge in [-0.1, -0.05) is 6.07 Å². The van der Waals surface area contributed by atoms with E-state index in [0.29, 0.717) is 30.4 Å². The summed E-state index contributed by atoms with van der Waals surface area (Å²) in [6, 6.07) is 14.8. The van der Waals surface area contributed by atoms with E-state index in [1.165, 1.54) is 14.2 Å². The van der Waals surface area contributed by atoms with Crippen molar-refractivity contribution < 1.29 is 37.7 Å². The molecule has 0 aliphatic carbocycles. The largest absolute Gasteiger partial charge is 0.488 e. The average Bonchev–Trinajstić information content (AvgIpc) is 3.68.